The Kier molecular flexibility index (Phi) is 12.3. The van der Waals surface area contributed by atoms with Crippen LogP contribution in [0, 0.1) is 5.82 Å². The molecule has 0 saturated carbocycles. The van der Waals surface area contributed by atoms with E-state index in [0.717, 1.165) is 10.4 Å². The summed E-state index contributed by atoms with van der Waals surface area (Å²) in [4.78, 5) is 42.8. The van der Waals surface area contributed by atoms with Gasteiger partial charge in [0, 0.05) is 62.2 Å². The Morgan fingerprint density at radius 1 is 1.06 bits per heavy atom. The van der Waals surface area contributed by atoms with Crippen LogP contribution in [0.1, 0.15) is 36.5 Å². The third kappa shape index (κ3) is 9.52. The lowest BCUT2D eigenvalue weighted by Gasteiger charge is -2.31. The van der Waals surface area contributed by atoms with Gasteiger partial charge in [-0.05, 0) is 65.7 Å². The number of rotatable bonds is 13. The molecule has 278 valence electrons. The first-order chi connectivity index (χ1) is 25.6. The van der Waals surface area contributed by atoms with Gasteiger partial charge in [-0.3, -0.25) is 14.9 Å². The molecule has 0 unspecified atom stereocenters. The number of aliphatic hydroxyl groups is 1. The number of amides is 2. The maximum absolute atomic E-state index is 13.3. The fourth-order valence-corrected chi connectivity index (χ4v) is 7.36. The van der Waals surface area contributed by atoms with Crippen molar-refractivity contribution in [2.75, 3.05) is 43.9 Å². The van der Waals surface area contributed by atoms with Crippen LogP contribution < -0.4 is 26.2 Å². The zero-order chi connectivity index (χ0) is 37.5. The minimum Gasteiger partial charge on any atom is -0.506 e. The molecule has 6 rings (SSSR count). The molecule has 53 heavy (non-hydrogen) atoms. The number of methoxy groups -OCH3 is 1. The number of aliphatic hydroxyl groups excluding tert-OH is 1. The van der Waals surface area contributed by atoms with Crippen molar-refractivity contribution in [3.63, 3.8) is 0 Å². The van der Waals surface area contributed by atoms with Crippen molar-refractivity contribution in [1.82, 2.24) is 15.2 Å². The molecule has 6 N–H and O–H groups in total. The number of phenols is 1. The molecule has 5 aromatic rings. The average Bonchev–Trinajstić information content (AvgIpc) is 3.60. The van der Waals surface area contributed by atoms with Gasteiger partial charge in [0.05, 0.1) is 40.0 Å². The number of hydrogen-bond acceptors (Lipinski definition) is 10. The molecule has 2 aromatic heterocycles. The number of nitrogens with one attached hydrogen (secondary N) is 4. The van der Waals surface area contributed by atoms with Gasteiger partial charge in [0.25, 0.3) is 0 Å². The number of hydrogen-bond donors (Lipinski definition) is 6. The van der Waals surface area contributed by atoms with E-state index >= 15 is 0 Å². The number of thiophene rings is 1. The van der Waals surface area contributed by atoms with E-state index in [2.05, 4.69) is 25.8 Å². The van der Waals surface area contributed by atoms with E-state index in [0.29, 0.717) is 77.7 Å². The van der Waals surface area contributed by atoms with E-state index in [1.165, 1.54) is 42.7 Å². The van der Waals surface area contributed by atoms with Gasteiger partial charge in [-0.1, -0.05) is 29.8 Å². The molecule has 0 radical (unpaired) electrons. The molecule has 1 fully saturated rings. The maximum atomic E-state index is 13.3. The molecule has 1 saturated heterocycles. The number of pyridine rings is 1. The minimum atomic E-state index is -0.943. The van der Waals surface area contributed by atoms with Gasteiger partial charge in [0.2, 0.25) is 11.5 Å². The highest BCUT2D eigenvalue weighted by molar-refractivity contribution is 7.14. The zero-order valence-electron chi connectivity index (χ0n) is 28.8. The molecular weight excluding hydrogens is 725 g/mol. The number of fused-ring (bicyclic) bond motifs is 1. The van der Waals surface area contributed by atoms with Crippen LogP contribution in [-0.4, -0.2) is 71.5 Å². The number of piperidine rings is 1. The monoisotopic (exact) mass is 763 g/mol. The Balaban J connectivity index is 0.938. The molecule has 0 bridgehead atoms. The number of nitrogens with zero attached hydrogens (tertiary/aromatic N) is 1. The van der Waals surface area contributed by atoms with Crippen molar-refractivity contribution in [3.05, 3.63) is 104 Å². The van der Waals surface area contributed by atoms with E-state index in [1.807, 2.05) is 5.38 Å². The van der Waals surface area contributed by atoms with Gasteiger partial charge in [0.1, 0.15) is 23.4 Å². The first-order valence-corrected chi connectivity index (χ1v) is 18.3. The number of carbonyl (C=O) groups excluding carboxylic acids is 2. The van der Waals surface area contributed by atoms with Crippen LogP contribution in [0.4, 0.5) is 20.6 Å². The molecule has 0 aliphatic carbocycles. The third-order valence-corrected chi connectivity index (χ3v) is 10.3. The molecule has 1 atom stereocenters. The Labute approximate surface area is 313 Å². The average molecular weight is 764 g/mol. The van der Waals surface area contributed by atoms with E-state index < -0.39 is 12.2 Å². The first-order valence-electron chi connectivity index (χ1n) is 17.0. The number of carbonyl (C=O) groups is 2. The number of likely N-dealkylation sites (tertiary alicyclic amines) is 1. The summed E-state index contributed by atoms with van der Waals surface area (Å²) in [6, 6.07) is 17.2. The van der Waals surface area contributed by atoms with Gasteiger partial charge in [-0.2, -0.15) is 0 Å². The van der Waals surface area contributed by atoms with E-state index in [4.69, 9.17) is 21.1 Å². The van der Waals surface area contributed by atoms with Crippen LogP contribution >= 0.6 is 22.9 Å². The Morgan fingerprint density at radius 2 is 1.83 bits per heavy atom. The van der Waals surface area contributed by atoms with Crippen LogP contribution in [0.15, 0.2) is 76.9 Å². The second kappa shape index (κ2) is 17.2. The van der Waals surface area contributed by atoms with Crippen LogP contribution in [0.2, 0.25) is 5.02 Å². The topological polar surface area (TPSA) is 165 Å². The summed E-state index contributed by atoms with van der Waals surface area (Å²) in [7, 11) is 1.51. The lowest BCUT2D eigenvalue weighted by Crippen LogP contribution is -2.39. The fraction of sp³-hybridized carbons (Fsp3) is 0.289. The second-order valence-corrected chi connectivity index (χ2v) is 13.9. The molecule has 15 heteroatoms. The van der Waals surface area contributed by atoms with E-state index in [9.17, 15) is 29.0 Å². The Morgan fingerprint density at radius 3 is 2.58 bits per heavy atom. The highest BCUT2D eigenvalue weighted by Crippen LogP contribution is 2.35. The van der Waals surface area contributed by atoms with Gasteiger partial charge < -0.3 is 40.2 Å². The number of halogens is 2. The van der Waals surface area contributed by atoms with Crippen LogP contribution in [0.25, 0.3) is 21.3 Å². The van der Waals surface area contributed by atoms with Crippen LogP contribution in [0.5, 0.6) is 11.5 Å². The summed E-state index contributed by atoms with van der Waals surface area (Å²) >= 11 is 8.00. The quantitative estimate of drug-likeness (QED) is 0.0773. The van der Waals surface area contributed by atoms with Crippen molar-refractivity contribution in [2.24, 2.45) is 0 Å². The highest BCUT2D eigenvalue weighted by atomic mass is 35.5. The van der Waals surface area contributed by atoms with Crippen molar-refractivity contribution in [3.8, 4) is 21.9 Å². The Hall–Kier alpha value is -4.99. The third-order valence-electron chi connectivity index (χ3n) is 9.03. The van der Waals surface area contributed by atoms with Gasteiger partial charge in [-0.15, -0.1) is 11.3 Å². The standard InChI is InChI=1S/C38H39ClFN5O7S/c1-51-33-19-30(28(39)18-23(33)20-41-21-32(47)26-6-8-31(46)36-27(26)7-9-34(48)44-36)42-35(49)12-16-45-14-10-25(11-15-45)52-38(50)43-29-13-17-53-37(29)22-2-4-24(40)5-3-22/h2-9,13,17-19,25,32,41,46-47H,10-12,14-16,20-21H2,1H3,(H,42,49)(H,43,50)(H,44,48)/t32-/m1/s1. The number of aromatic hydroxyl groups is 1. The lowest BCUT2D eigenvalue weighted by molar-refractivity contribution is -0.116. The predicted molar refractivity (Wildman–Crippen MR) is 203 cm³/mol. The summed E-state index contributed by atoms with van der Waals surface area (Å²) in [5.74, 6) is -0.129. The summed E-state index contributed by atoms with van der Waals surface area (Å²) in [5.41, 5.74) is 2.97. The van der Waals surface area contributed by atoms with Crippen molar-refractivity contribution >= 4 is 57.2 Å². The molecular formula is C38H39ClFN5O7S. The van der Waals surface area contributed by atoms with E-state index in [1.54, 1.807) is 42.5 Å². The van der Waals surface area contributed by atoms with Crippen molar-refractivity contribution in [2.45, 2.75) is 38.0 Å². The van der Waals surface area contributed by atoms with Gasteiger partial charge in [0.15, 0.2) is 0 Å². The number of ether oxygens (including phenoxy) is 2. The summed E-state index contributed by atoms with van der Waals surface area (Å²) < 4.78 is 24.6. The van der Waals surface area contributed by atoms with Crippen molar-refractivity contribution < 1.29 is 33.7 Å². The summed E-state index contributed by atoms with van der Waals surface area (Å²) in [5, 5.41) is 32.6. The molecule has 3 heterocycles. The first kappa shape index (κ1) is 37.8. The van der Waals surface area contributed by atoms with Gasteiger partial charge in [-0.25, -0.2) is 9.18 Å². The van der Waals surface area contributed by atoms with Crippen LogP contribution in [-0.2, 0) is 16.1 Å². The maximum Gasteiger partial charge on any atom is 0.411 e. The number of H-pyrrole nitrogens is 1. The number of aromatic amines is 1. The molecule has 3 aromatic carbocycles. The van der Waals surface area contributed by atoms with Gasteiger partial charge >= 0.3 is 6.09 Å². The normalized spacial score (nSPS) is 14.2. The number of phenolic OH excluding ortho intramolecular Hbond substituents is 1. The molecule has 1 aliphatic heterocycles. The highest BCUT2D eigenvalue weighted by Gasteiger charge is 2.24. The zero-order valence-corrected chi connectivity index (χ0v) is 30.4. The largest absolute Gasteiger partial charge is 0.506 e. The number of anilines is 2. The molecule has 2 amide bonds. The lowest BCUT2D eigenvalue weighted by atomic mass is 10.0. The number of benzene rings is 3. The van der Waals surface area contributed by atoms with Crippen LogP contribution in [0.3, 0.4) is 0 Å². The summed E-state index contributed by atoms with van der Waals surface area (Å²) in [6.07, 6.45) is -0.247. The van der Waals surface area contributed by atoms with Crippen molar-refractivity contribution in [1.29, 1.82) is 0 Å². The second-order valence-electron chi connectivity index (χ2n) is 12.6. The predicted octanol–water partition coefficient (Wildman–Crippen LogP) is 6.63. The minimum absolute atomic E-state index is 0.0860. The number of aromatic nitrogens is 1. The molecule has 0 spiro atoms. The Bertz CT molecular complexity index is 2140. The SMILES string of the molecule is COc1cc(NC(=O)CCN2CCC(OC(=O)Nc3ccsc3-c3ccc(F)cc3)CC2)c(Cl)cc1CNC[C@@H](O)c1ccc(O)c2[nH]c(=O)ccc12. The molecule has 12 nitrogen and oxygen atoms in total. The van der Waals surface area contributed by atoms with E-state index in [-0.39, 0.29) is 47.6 Å². The summed E-state index contributed by atoms with van der Waals surface area (Å²) in [6.45, 7) is 2.30. The molecule has 1 aliphatic rings. The smallest absolute Gasteiger partial charge is 0.411 e. The fourth-order valence-electron chi connectivity index (χ4n) is 6.27.